The van der Waals surface area contributed by atoms with Gasteiger partial charge in [0, 0.05) is 0 Å². The van der Waals surface area contributed by atoms with Crippen LogP contribution in [0.3, 0.4) is 0 Å². The minimum absolute atomic E-state index is 0.993. The van der Waals surface area contributed by atoms with E-state index in [0.717, 1.165) is 25.7 Å². The van der Waals surface area contributed by atoms with Crippen LogP contribution in [0.4, 0.5) is 0 Å². The van der Waals surface area contributed by atoms with E-state index in [1.165, 1.54) is 89.0 Å². The molecule has 1 aliphatic carbocycles. The molecule has 0 aliphatic heterocycles. The highest BCUT2D eigenvalue weighted by molar-refractivity contribution is 5.52. The van der Waals surface area contributed by atoms with Gasteiger partial charge in [-0.2, -0.15) is 0 Å². The molecular formula is C36H40. The van der Waals surface area contributed by atoms with Gasteiger partial charge in [-0.25, -0.2) is 0 Å². The van der Waals surface area contributed by atoms with Gasteiger partial charge in [0.15, 0.2) is 0 Å². The molecule has 4 aromatic rings. The standard InChI is InChI=1S/C36H40/c1-21-9-29-17-31-11-23(3)25(5)13-33(31)19-35-15-27(7)28(8)16-36(35)20-34-14-26(6)24(4)12-32(34)18-30(29)10-22(21)2/h9-16H,17-20H2,1-8H3. The lowest BCUT2D eigenvalue weighted by Gasteiger charge is -2.22. The zero-order valence-corrected chi connectivity index (χ0v) is 23.4. The molecule has 0 amide bonds. The van der Waals surface area contributed by atoms with Crippen molar-refractivity contribution >= 4 is 0 Å². The van der Waals surface area contributed by atoms with Gasteiger partial charge in [-0.3, -0.25) is 0 Å². The van der Waals surface area contributed by atoms with Crippen molar-refractivity contribution in [3.63, 3.8) is 0 Å². The average Bonchev–Trinajstić information content (AvgIpc) is 2.81. The molecule has 0 atom stereocenters. The summed E-state index contributed by atoms with van der Waals surface area (Å²) >= 11 is 0. The third-order valence-electron chi connectivity index (χ3n) is 8.79. The zero-order valence-electron chi connectivity index (χ0n) is 23.4. The van der Waals surface area contributed by atoms with Crippen molar-refractivity contribution in [2.75, 3.05) is 0 Å². The summed E-state index contributed by atoms with van der Waals surface area (Å²) in [6.45, 7) is 18.1. The van der Waals surface area contributed by atoms with Gasteiger partial charge in [0.05, 0.1) is 0 Å². The second-order valence-electron chi connectivity index (χ2n) is 11.5. The van der Waals surface area contributed by atoms with Crippen molar-refractivity contribution in [1.82, 2.24) is 0 Å². The van der Waals surface area contributed by atoms with Crippen LogP contribution in [0.5, 0.6) is 0 Å². The molecule has 0 saturated carbocycles. The first-order valence-corrected chi connectivity index (χ1v) is 13.4. The number of hydrogen-bond donors (Lipinski definition) is 0. The van der Waals surface area contributed by atoms with Crippen LogP contribution >= 0.6 is 0 Å². The monoisotopic (exact) mass is 472 g/mol. The second-order valence-corrected chi connectivity index (χ2v) is 11.5. The smallest absolute Gasteiger partial charge is 0.00199 e. The summed E-state index contributed by atoms with van der Waals surface area (Å²) in [5.41, 5.74) is 23.0. The van der Waals surface area contributed by atoms with E-state index >= 15 is 0 Å². The van der Waals surface area contributed by atoms with Crippen molar-refractivity contribution in [3.05, 3.63) is 138 Å². The molecule has 0 unspecified atom stereocenters. The van der Waals surface area contributed by atoms with Crippen molar-refractivity contribution in [3.8, 4) is 0 Å². The van der Waals surface area contributed by atoms with Gasteiger partial charge in [0.2, 0.25) is 0 Å². The lowest BCUT2D eigenvalue weighted by atomic mass is 9.82. The van der Waals surface area contributed by atoms with Crippen molar-refractivity contribution in [2.45, 2.75) is 81.1 Å². The Morgan fingerprint density at radius 3 is 0.472 bits per heavy atom. The van der Waals surface area contributed by atoms with Crippen LogP contribution in [0.1, 0.15) is 89.0 Å². The van der Waals surface area contributed by atoms with E-state index in [0.29, 0.717) is 0 Å². The van der Waals surface area contributed by atoms with Crippen LogP contribution < -0.4 is 0 Å². The largest absolute Gasteiger partial charge is 0.0552 e. The van der Waals surface area contributed by atoms with Crippen LogP contribution in [-0.4, -0.2) is 0 Å². The van der Waals surface area contributed by atoms with Gasteiger partial charge in [0.1, 0.15) is 0 Å². The Balaban J connectivity index is 1.79. The second kappa shape index (κ2) is 9.40. The summed E-state index contributed by atoms with van der Waals surface area (Å²) < 4.78 is 0. The highest BCUT2D eigenvalue weighted by atomic mass is 14.2. The molecule has 0 aromatic heterocycles. The Morgan fingerprint density at radius 1 is 0.250 bits per heavy atom. The first-order valence-electron chi connectivity index (χ1n) is 13.4. The predicted octanol–water partition coefficient (Wildman–Crippen LogP) is 8.83. The highest BCUT2D eigenvalue weighted by Crippen LogP contribution is 2.32. The first-order chi connectivity index (χ1) is 17.1. The molecule has 184 valence electrons. The maximum atomic E-state index is 2.46. The molecule has 1 aliphatic rings. The summed E-state index contributed by atoms with van der Waals surface area (Å²) in [6, 6.07) is 19.6. The lowest BCUT2D eigenvalue weighted by Crippen LogP contribution is -2.09. The molecule has 0 heteroatoms. The van der Waals surface area contributed by atoms with Crippen molar-refractivity contribution in [1.29, 1.82) is 0 Å². The normalized spacial score (nSPS) is 13.1. The van der Waals surface area contributed by atoms with Gasteiger partial charge in [-0.15, -0.1) is 0 Å². The minimum atomic E-state index is 0.993. The number of fused-ring (bicyclic) bond motifs is 4. The van der Waals surface area contributed by atoms with E-state index in [2.05, 4.69) is 104 Å². The van der Waals surface area contributed by atoms with Gasteiger partial charge in [-0.05, 0) is 170 Å². The van der Waals surface area contributed by atoms with Crippen LogP contribution in [0.25, 0.3) is 0 Å². The van der Waals surface area contributed by atoms with Gasteiger partial charge >= 0.3 is 0 Å². The molecule has 0 bridgehead atoms. The summed E-state index contributed by atoms with van der Waals surface area (Å²) in [5.74, 6) is 0. The Hall–Kier alpha value is -3.12. The number of rotatable bonds is 0. The average molecular weight is 473 g/mol. The molecule has 0 N–H and O–H groups in total. The molecule has 36 heavy (non-hydrogen) atoms. The molecule has 5 rings (SSSR count). The van der Waals surface area contributed by atoms with Gasteiger partial charge in [0.25, 0.3) is 0 Å². The van der Waals surface area contributed by atoms with Crippen LogP contribution in [0.2, 0.25) is 0 Å². The summed E-state index contributed by atoms with van der Waals surface area (Å²) in [5, 5.41) is 0. The molecule has 0 heterocycles. The predicted molar refractivity (Wildman–Crippen MR) is 155 cm³/mol. The number of hydrogen-bond acceptors (Lipinski definition) is 0. The number of benzene rings is 4. The summed E-state index contributed by atoms with van der Waals surface area (Å²) in [6.07, 6.45) is 3.97. The fourth-order valence-corrected chi connectivity index (χ4v) is 5.88. The van der Waals surface area contributed by atoms with E-state index in [-0.39, 0.29) is 0 Å². The lowest BCUT2D eigenvalue weighted by molar-refractivity contribution is 0.981. The Morgan fingerprint density at radius 2 is 0.361 bits per heavy atom. The molecule has 0 nitrogen and oxygen atoms in total. The molecule has 0 saturated heterocycles. The SMILES string of the molecule is Cc1cc2c(cc1C)Cc1cc(C)c(C)cc1Cc1cc(C)c(C)cc1Cc1cc(C)c(C)cc1C2. The number of aryl methyl sites for hydroxylation is 8. The van der Waals surface area contributed by atoms with E-state index in [4.69, 9.17) is 0 Å². The molecule has 0 fully saturated rings. The highest BCUT2D eigenvalue weighted by Gasteiger charge is 2.18. The minimum Gasteiger partial charge on any atom is -0.0552 e. The van der Waals surface area contributed by atoms with Crippen molar-refractivity contribution < 1.29 is 0 Å². The van der Waals surface area contributed by atoms with Crippen LogP contribution in [0, 0.1) is 55.4 Å². The fraction of sp³-hybridized carbons (Fsp3) is 0.333. The van der Waals surface area contributed by atoms with Gasteiger partial charge in [-0.1, -0.05) is 48.5 Å². The molecule has 0 spiro atoms. The Kier molecular flexibility index (Phi) is 6.41. The maximum Gasteiger partial charge on any atom is -0.00199 e. The van der Waals surface area contributed by atoms with E-state index in [9.17, 15) is 0 Å². The van der Waals surface area contributed by atoms with E-state index in [1.54, 1.807) is 0 Å². The van der Waals surface area contributed by atoms with Gasteiger partial charge < -0.3 is 0 Å². The summed E-state index contributed by atoms with van der Waals surface area (Å²) in [7, 11) is 0. The Labute approximate surface area is 218 Å². The maximum absolute atomic E-state index is 2.46. The zero-order chi connectivity index (χ0) is 25.7. The van der Waals surface area contributed by atoms with Crippen LogP contribution in [-0.2, 0) is 25.7 Å². The van der Waals surface area contributed by atoms with E-state index < -0.39 is 0 Å². The third-order valence-corrected chi connectivity index (χ3v) is 8.79. The molecule has 4 aromatic carbocycles. The third kappa shape index (κ3) is 4.66. The fourth-order valence-electron chi connectivity index (χ4n) is 5.88. The first kappa shape index (κ1) is 24.6. The topological polar surface area (TPSA) is 0 Å². The van der Waals surface area contributed by atoms with Crippen molar-refractivity contribution in [2.24, 2.45) is 0 Å². The van der Waals surface area contributed by atoms with Crippen LogP contribution in [0.15, 0.2) is 48.5 Å². The molecular weight excluding hydrogens is 432 g/mol. The summed E-state index contributed by atoms with van der Waals surface area (Å²) in [4.78, 5) is 0. The quantitative estimate of drug-likeness (QED) is 0.211. The van der Waals surface area contributed by atoms with E-state index in [1.807, 2.05) is 0 Å². The molecule has 0 radical (unpaired) electrons. The Bertz CT molecular complexity index is 1160.